The third kappa shape index (κ3) is 7.03. The van der Waals surface area contributed by atoms with Crippen molar-refractivity contribution in [2.75, 3.05) is 26.7 Å². The molecule has 0 aliphatic carbocycles. The van der Waals surface area contributed by atoms with Gasteiger partial charge in [0.05, 0.1) is 5.92 Å². The van der Waals surface area contributed by atoms with Gasteiger partial charge in [0.25, 0.3) is 0 Å². The average Bonchev–Trinajstić information content (AvgIpc) is 2.37. The zero-order chi connectivity index (χ0) is 14.8. The Morgan fingerprint density at radius 2 is 1.58 bits per heavy atom. The molecule has 112 valence electrons. The SMILES string of the molecule is CCCCN(CCCC)C(=O)N(C)CC(C)C(=O)O. The van der Waals surface area contributed by atoms with Crippen molar-refractivity contribution in [3.8, 4) is 0 Å². The summed E-state index contributed by atoms with van der Waals surface area (Å²) in [6, 6.07) is -0.0602. The molecule has 0 aliphatic heterocycles. The number of aliphatic carboxylic acids is 1. The summed E-state index contributed by atoms with van der Waals surface area (Å²) in [5.74, 6) is -1.40. The summed E-state index contributed by atoms with van der Waals surface area (Å²) < 4.78 is 0. The smallest absolute Gasteiger partial charge is 0.319 e. The van der Waals surface area contributed by atoms with Gasteiger partial charge in [-0.2, -0.15) is 0 Å². The number of hydrogen-bond acceptors (Lipinski definition) is 2. The number of rotatable bonds is 9. The number of carbonyl (C=O) groups is 2. The molecule has 0 spiro atoms. The number of carboxylic acid groups (broad SMARTS) is 1. The molecule has 1 N–H and O–H groups in total. The maximum Gasteiger partial charge on any atom is 0.319 e. The average molecular weight is 272 g/mol. The molecular weight excluding hydrogens is 244 g/mol. The Bertz CT molecular complexity index is 274. The number of unbranched alkanes of at least 4 members (excludes halogenated alkanes) is 2. The molecule has 0 radical (unpaired) electrons. The van der Waals surface area contributed by atoms with Gasteiger partial charge in [0.15, 0.2) is 0 Å². The minimum atomic E-state index is -0.867. The molecule has 0 saturated carbocycles. The van der Waals surface area contributed by atoms with Crippen LogP contribution in [-0.4, -0.2) is 53.6 Å². The van der Waals surface area contributed by atoms with Crippen molar-refractivity contribution in [2.24, 2.45) is 5.92 Å². The first-order chi connectivity index (χ1) is 8.93. The van der Waals surface area contributed by atoms with Gasteiger partial charge in [-0.3, -0.25) is 4.79 Å². The molecule has 0 fully saturated rings. The number of hydrogen-bond donors (Lipinski definition) is 1. The van der Waals surface area contributed by atoms with Crippen LogP contribution in [0.15, 0.2) is 0 Å². The van der Waals surface area contributed by atoms with Crippen molar-refractivity contribution in [3.05, 3.63) is 0 Å². The van der Waals surface area contributed by atoms with Crippen LogP contribution in [-0.2, 0) is 4.79 Å². The highest BCUT2D eigenvalue weighted by Gasteiger charge is 2.21. The number of carboxylic acids is 1. The van der Waals surface area contributed by atoms with Gasteiger partial charge < -0.3 is 14.9 Å². The summed E-state index contributed by atoms with van der Waals surface area (Å²) in [4.78, 5) is 26.4. The number of nitrogens with zero attached hydrogens (tertiary/aromatic N) is 2. The van der Waals surface area contributed by atoms with E-state index in [-0.39, 0.29) is 12.6 Å². The molecule has 0 aromatic carbocycles. The van der Waals surface area contributed by atoms with Crippen LogP contribution in [0.2, 0.25) is 0 Å². The van der Waals surface area contributed by atoms with Crippen LogP contribution in [0.3, 0.4) is 0 Å². The summed E-state index contributed by atoms with van der Waals surface area (Å²) in [5, 5.41) is 8.88. The summed E-state index contributed by atoms with van der Waals surface area (Å²) in [7, 11) is 1.67. The van der Waals surface area contributed by atoms with E-state index in [0.29, 0.717) is 0 Å². The lowest BCUT2D eigenvalue weighted by atomic mass is 10.2. The van der Waals surface area contributed by atoms with E-state index >= 15 is 0 Å². The highest BCUT2D eigenvalue weighted by Crippen LogP contribution is 2.06. The lowest BCUT2D eigenvalue weighted by Crippen LogP contribution is -2.44. The predicted octanol–water partition coefficient (Wildman–Crippen LogP) is 2.66. The van der Waals surface area contributed by atoms with Crippen molar-refractivity contribution < 1.29 is 14.7 Å². The van der Waals surface area contributed by atoms with E-state index in [1.165, 1.54) is 4.90 Å². The first kappa shape index (κ1) is 17.7. The second kappa shape index (κ2) is 9.64. The molecule has 0 bridgehead atoms. The lowest BCUT2D eigenvalue weighted by molar-refractivity contribution is -0.141. The number of carbonyl (C=O) groups excluding carboxylic acids is 1. The van der Waals surface area contributed by atoms with Crippen LogP contribution in [0.25, 0.3) is 0 Å². The first-order valence-corrected chi connectivity index (χ1v) is 7.16. The molecule has 0 saturated heterocycles. The van der Waals surface area contributed by atoms with Crippen molar-refractivity contribution in [1.29, 1.82) is 0 Å². The molecule has 0 heterocycles. The molecule has 0 rings (SSSR count). The van der Waals surface area contributed by atoms with Crippen molar-refractivity contribution in [2.45, 2.75) is 46.5 Å². The predicted molar refractivity (Wildman–Crippen MR) is 76.2 cm³/mol. The molecule has 2 amide bonds. The zero-order valence-corrected chi connectivity index (χ0v) is 12.7. The van der Waals surface area contributed by atoms with Crippen molar-refractivity contribution in [1.82, 2.24) is 9.80 Å². The fourth-order valence-corrected chi connectivity index (χ4v) is 1.81. The third-order valence-corrected chi connectivity index (χ3v) is 3.13. The molecular formula is C14H28N2O3. The van der Waals surface area contributed by atoms with E-state index in [4.69, 9.17) is 5.11 Å². The summed E-state index contributed by atoms with van der Waals surface area (Å²) in [6.45, 7) is 7.57. The number of urea groups is 1. The highest BCUT2D eigenvalue weighted by molar-refractivity contribution is 5.75. The van der Waals surface area contributed by atoms with Gasteiger partial charge >= 0.3 is 12.0 Å². The molecule has 1 atom stereocenters. The highest BCUT2D eigenvalue weighted by atomic mass is 16.4. The Balaban J connectivity index is 4.45. The summed E-state index contributed by atoms with van der Waals surface area (Å²) in [6.07, 6.45) is 4.06. The Hall–Kier alpha value is -1.26. The Kier molecular flexibility index (Phi) is 9.00. The van der Waals surface area contributed by atoms with Gasteiger partial charge in [0.1, 0.15) is 0 Å². The van der Waals surface area contributed by atoms with Crippen LogP contribution < -0.4 is 0 Å². The van der Waals surface area contributed by atoms with Crippen molar-refractivity contribution >= 4 is 12.0 Å². The van der Waals surface area contributed by atoms with E-state index in [0.717, 1.165) is 38.8 Å². The topological polar surface area (TPSA) is 60.9 Å². The second-order valence-corrected chi connectivity index (χ2v) is 5.10. The van der Waals surface area contributed by atoms with E-state index < -0.39 is 11.9 Å². The van der Waals surface area contributed by atoms with Gasteiger partial charge in [-0.25, -0.2) is 4.79 Å². The minimum Gasteiger partial charge on any atom is -0.481 e. The standard InChI is InChI=1S/C14H28N2O3/c1-5-7-9-16(10-8-6-2)14(19)15(4)11-12(3)13(17)18/h12H,5-11H2,1-4H3,(H,17,18). The quantitative estimate of drug-likeness (QED) is 0.702. The minimum absolute atomic E-state index is 0.0602. The molecule has 19 heavy (non-hydrogen) atoms. The van der Waals surface area contributed by atoms with Crippen LogP contribution in [0.4, 0.5) is 4.79 Å². The maximum absolute atomic E-state index is 12.3. The normalized spacial score (nSPS) is 12.0. The fraction of sp³-hybridized carbons (Fsp3) is 0.857. The first-order valence-electron chi connectivity index (χ1n) is 7.16. The van der Waals surface area contributed by atoms with Crippen molar-refractivity contribution in [3.63, 3.8) is 0 Å². The van der Waals surface area contributed by atoms with E-state index in [9.17, 15) is 9.59 Å². The van der Waals surface area contributed by atoms with Crippen LogP contribution >= 0.6 is 0 Å². The molecule has 0 aromatic heterocycles. The zero-order valence-electron chi connectivity index (χ0n) is 12.7. The Labute approximate surface area is 116 Å². The van der Waals surface area contributed by atoms with Crippen LogP contribution in [0.1, 0.15) is 46.5 Å². The largest absolute Gasteiger partial charge is 0.481 e. The second-order valence-electron chi connectivity index (χ2n) is 5.10. The summed E-state index contributed by atoms with van der Waals surface area (Å²) in [5.41, 5.74) is 0. The van der Waals surface area contributed by atoms with E-state index in [1.54, 1.807) is 14.0 Å². The summed E-state index contributed by atoms with van der Waals surface area (Å²) >= 11 is 0. The molecule has 1 unspecified atom stereocenters. The van der Waals surface area contributed by atoms with E-state index in [2.05, 4.69) is 13.8 Å². The van der Waals surface area contributed by atoms with Gasteiger partial charge in [-0.1, -0.05) is 33.6 Å². The number of amides is 2. The molecule has 0 aromatic rings. The van der Waals surface area contributed by atoms with Crippen LogP contribution in [0, 0.1) is 5.92 Å². The van der Waals surface area contributed by atoms with Gasteiger partial charge in [0.2, 0.25) is 0 Å². The fourth-order valence-electron chi connectivity index (χ4n) is 1.81. The maximum atomic E-state index is 12.3. The lowest BCUT2D eigenvalue weighted by Gasteiger charge is -2.29. The third-order valence-electron chi connectivity index (χ3n) is 3.13. The molecule has 0 aliphatic rings. The Morgan fingerprint density at radius 3 is 1.95 bits per heavy atom. The monoisotopic (exact) mass is 272 g/mol. The molecule has 5 nitrogen and oxygen atoms in total. The van der Waals surface area contributed by atoms with Gasteiger partial charge in [-0.05, 0) is 12.8 Å². The van der Waals surface area contributed by atoms with Gasteiger partial charge in [-0.15, -0.1) is 0 Å². The van der Waals surface area contributed by atoms with E-state index in [1.807, 2.05) is 4.90 Å². The Morgan fingerprint density at radius 1 is 1.11 bits per heavy atom. The van der Waals surface area contributed by atoms with Gasteiger partial charge in [0, 0.05) is 26.7 Å². The van der Waals surface area contributed by atoms with Crippen LogP contribution in [0.5, 0.6) is 0 Å². The molecule has 5 heteroatoms.